The van der Waals surface area contributed by atoms with Gasteiger partial charge in [0.1, 0.15) is 0 Å². The Morgan fingerprint density at radius 3 is 3.21 bits per heavy atom. The van der Waals surface area contributed by atoms with E-state index >= 15 is 0 Å². The Morgan fingerprint density at radius 2 is 2.57 bits per heavy atom. The van der Waals surface area contributed by atoms with Crippen LogP contribution < -0.4 is 5.73 Å². The van der Waals surface area contributed by atoms with E-state index in [9.17, 15) is 0 Å². The molecular weight excluding hydrogens is 178 g/mol. The van der Waals surface area contributed by atoms with Crippen LogP contribution >= 0.6 is 0 Å². The standard InChI is InChI=1S/C10H17N3O/c1-2-5-13-8(7-12-10(13)11)9-4-3-6-14-9/h7,9H,2-6H2,1H3,(H2,11,12). The van der Waals surface area contributed by atoms with Gasteiger partial charge in [-0.25, -0.2) is 4.98 Å². The second kappa shape index (κ2) is 4.00. The van der Waals surface area contributed by atoms with Gasteiger partial charge < -0.3 is 15.0 Å². The van der Waals surface area contributed by atoms with Crippen LogP contribution in [0, 0.1) is 0 Å². The Labute approximate surface area is 84.1 Å². The molecular formula is C10H17N3O. The summed E-state index contributed by atoms with van der Waals surface area (Å²) in [5.41, 5.74) is 6.93. The minimum atomic E-state index is 0.214. The fourth-order valence-corrected chi connectivity index (χ4v) is 1.94. The van der Waals surface area contributed by atoms with Gasteiger partial charge in [0.15, 0.2) is 5.95 Å². The average Bonchev–Trinajstić information content (AvgIpc) is 2.77. The summed E-state index contributed by atoms with van der Waals surface area (Å²) in [6.07, 6.45) is 5.36. The molecule has 14 heavy (non-hydrogen) atoms. The lowest BCUT2D eigenvalue weighted by atomic mass is 10.2. The van der Waals surface area contributed by atoms with Crippen molar-refractivity contribution in [3.05, 3.63) is 11.9 Å². The van der Waals surface area contributed by atoms with Crippen molar-refractivity contribution in [2.24, 2.45) is 0 Å². The molecule has 0 amide bonds. The number of anilines is 1. The van der Waals surface area contributed by atoms with Gasteiger partial charge in [0.05, 0.1) is 18.0 Å². The van der Waals surface area contributed by atoms with Gasteiger partial charge in [-0.3, -0.25) is 0 Å². The van der Waals surface area contributed by atoms with Crippen LogP contribution in [-0.2, 0) is 11.3 Å². The monoisotopic (exact) mass is 195 g/mol. The molecule has 0 aromatic carbocycles. The van der Waals surface area contributed by atoms with Crippen LogP contribution in [0.25, 0.3) is 0 Å². The Balaban J connectivity index is 2.22. The lowest BCUT2D eigenvalue weighted by Crippen LogP contribution is -2.09. The number of rotatable bonds is 3. The number of imidazole rings is 1. The summed E-state index contributed by atoms with van der Waals surface area (Å²) in [4.78, 5) is 4.14. The molecule has 0 radical (unpaired) electrons. The molecule has 4 heteroatoms. The summed E-state index contributed by atoms with van der Waals surface area (Å²) in [6.45, 7) is 3.93. The van der Waals surface area contributed by atoms with E-state index in [0.29, 0.717) is 5.95 Å². The van der Waals surface area contributed by atoms with Gasteiger partial charge in [-0.2, -0.15) is 0 Å². The van der Waals surface area contributed by atoms with Crippen LogP contribution in [0.15, 0.2) is 6.20 Å². The quantitative estimate of drug-likeness (QED) is 0.799. The predicted molar refractivity (Wildman–Crippen MR) is 54.9 cm³/mol. The van der Waals surface area contributed by atoms with Crippen molar-refractivity contribution in [3.8, 4) is 0 Å². The molecule has 2 heterocycles. The van der Waals surface area contributed by atoms with E-state index in [-0.39, 0.29) is 6.10 Å². The molecule has 2 N–H and O–H groups in total. The number of hydrogen-bond acceptors (Lipinski definition) is 3. The van der Waals surface area contributed by atoms with Gasteiger partial charge in [-0.05, 0) is 19.3 Å². The lowest BCUT2D eigenvalue weighted by molar-refractivity contribution is 0.105. The molecule has 1 atom stereocenters. The number of ether oxygens (including phenoxy) is 1. The van der Waals surface area contributed by atoms with Crippen molar-refractivity contribution in [1.29, 1.82) is 0 Å². The minimum Gasteiger partial charge on any atom is -0.372 e. The topological polar surface area (TPSA) is 53.1 Å². The normalized spacial score (nSPS) is 21.6. The Hall–Kier alpha value is -1.03. The van der Waals surface area contributed by atoms with E-state index < -0.39 is 0 Å². The molecule has 0 saturated carbocycles. The second-order valence-corrected chi connectivity index (χ2v) is 3.69. The largest absolute Gasteiger partial charge is 0.372 e. The number of hydrogen-bond donors (Lipinski definition) is 1. The van der Waals surface area contributed by atoms with E-state index in [0.717, 1.165) is 38.1 Å². The molecule has 1 fully saturated rings. The first kappa shape index (κ1) is 9.52. The average molecular weight is 195 g/mol. The maximum absolute atomic E-state index is 5.79. The third-order valence-corrected chi connectivity index (χ3v) is 2.62. The summed E-state index contributed by atoms with van der Waals surface area (Å²) >= 11 is 0. The maximum Gasteiger partial charge on any atom is 0.200 e. The molecule has 1 unspecified atom stereocenters. The third-order valence-electron chi connectivity index (χ3n) is 2.62. The number of nitrogens with two attached hydrogens (primary N) is 1. The summed E-state index contributed by atoms with van der Waals surface area (Å²) in [6, 6.07) is 0. The molecule has 78 valence electrons. The zero-order valence-corrected chi connectivity index (χ0v) is 8.57. The first-order valence-corrected chi connectivity index (χ1v) is 5.25. The van der Waals surface area contributed by atoms with Crippen LogP contribution in [0.4, 0.5) is 5.95 Å². The minimum absolute atomic E-state index is 0.214. The van der Waals surface area contributed by atoms with Crippen molar-refractivity contribution >= 4 is 5.95 Å². The summed E-state index contributed by atoms with van der Waals surface area (Å²) in [5, 5.41) is 0. The molecule has 0 aliphatic carbocycles. The second-order valence-electron chi connectivity index (χ2n) is 3.69. The summed E-state index contributed by atoms with van der Waals surface area (Å²) < 4.78 is 7.69. The van der Waals surface area contributed by atoms with E-state index in [1.54, 1.807) is 0 Å². The highest BCUT2D eigenvalue weighted by molar-refractivity contribution is 5.24. The van der Waals surface area contributed by atoms with Crippen LogP contribution in [0.3, 0.4) is 0 Å². The van der Waals surface area contributed by atoms with E-state index in [1.807, 2.05) is 6.20 Å². The molecule has 1 aromatic rings. The first-order chi connectivity index (χ1) is 6.83. The number of nitrogen functional groups attached to an aromatic ring is 1. The number of aromatic nitrogens is 2. The lowest BCUT2D eigenvalue weighted by Gasteiger charge is -2.13. The zero-order valence-electron chi connectivity index (χ0n) is 8.57. The Bertz CT molecular complexity index is 302. The van der Waals surface area contributed by atoms with Crippen LogP contribution in [0.2, 0.25) is 0 Å². The Kier molecular flexibility index (Phi) is 2.72. The SMILES string of the molecule is CCCn1c(C2CCCO2)cnc1N. The van der Waals surface area contributed by atoms with Crippen molar-refractivity contribution in [1.82, 2.24) is 9.55 Å². The van der Waals surface area contributed by atoms with Crippen molar-refractivity contribution in [2.75, 3.05) is 12.3 Å². The highest BCUT2D eigenvalue weighted by Crippen LogP contribution is 2.29. The zero-order chi connectivity index (χ0) is 9.97. The molecule has 1 aromatic heterocycles. The van der Waals surface area contributed by atoms with Crippen molar-refractivity contribution in [3.63, 3.8) is 0 Å². The van der Waals surface area contributed by atoms with Crippen LogP contribution in [0.5, 0.6) is 0 Å². The van der Waals surface area contributed by atoms with Gasteiger partial charge in [-0.1, -0.05) is 6.92 Å². The van der Waals surface area contributed by atoms with Gasteiger partial charge in [-0.15, -0.1) is 0 Å². The molecule has 2 rings (SSSR count). The molecule has 0 bridgehead atoms. The van der Waals surface area contributed by atoms with E-state index in [4.69, 9.17) is 10.5 Å². The number of nitrogens with zero attached hydrogens (tertiary/aromatic N) is 2. The van der Waals surface area contributed by atoms with Crippen molar-refractivity contribution in [2.45, 2.75) is 38.8 Å². The van der Waals surface area contributed by atoms with E-state index in [2.05, 4.69) is 16.5 Å². The van der Waals surface area contributed by atoms with Gasteiger partial charge in [0.25, 0.3) is 0 Å². The predicted octanol–water partition coefficient (Wildman–Crippen LogP) is 1.73. The molecule has 0 spiro atoms. The fourth-order valence-electron chi connectivity index (χ4n) is 1.94. The van der Waals surface area contributed by atoms with Gasteiger partial charge in [0, 0.05) is 13.2 Å². The maximum atomic E-state index is 5.79. The summed E-state index contributed by atoms with van der Waals surface area (Å²) in [7, 11) is 0. The smallest absolute Gasteiger partial charge is 0.200 e. The highest BCUT2D eigenvalue weighted by atomic mass is 16.5. The molecule has 1 saturated heterocycles. The van der Waals surface area contributed by atoms with Crippen molar-refractivity contribution < 1.29 is 4.74 Å². The van der Waals surface area contributed by atoms with E-state index in [1.165, 1.54) is 0 Å². The van der Waals surface area contributed by atoms with Crippen LogP contribution in [-0.4, -0.2) is 16.2 Å². The van der Waals surface area contributed by atoms with Gasteiger partial charge >= 0.3 is 0 Å². The fraction of sp³-hybridized carbons (Fsp3) is 0.700. The molecule has 1 aliphatic rings. The summed E-state index contributed by atoms with van der Waals surface area (Å²) in [5.74, 6) is 0.609. The molecule has 4 nitrogen and oxygen atoms in total. The Morgan fingerprint density at radius 1 is 1.71 bits per heavy atom. The van der Waals surface area contributed by atoms with Crippen LogP contribution in [0.1, 0.15) is 38.0 Å². The third kappa shape index (κ3) is 1.62. The molecule has 1 aliphatic heterocycles. The first-order valence-electron chi connectivity index (χ1n) is 5.25. The highest BCUT2D eigenvalue weighted by Gasteiger charge is 2.22. The van der Waals surface area contributed by atoms with Gasteiger partial charge in [0.2, 0.25) is 0 Å².